The van der Waals surface area contributed by atoms with E-state index in [4.69, 9.17) is 13.9 Å². The first kappa shape index (κ1) is 20.1. The maximum Gasteiger partial charge on any atom is 0.468 e. The first-order valence-corrected chi connectivity index (χ1v) is 10.2. The lowest BCUT2D eigenvalue weighted by Gasteiger charge is -2.39. The summed E-state index contributed by atoms with van der Waals surface area (Å²) in [5.74, 6) is -0.484. The molecule has 0 aliphatic carbocycles. The summed E-state index contributed by atoms with van der Waals surface area (Å²) in [6, 6.07) is 12.4. The van der Waals surface area contributed by atoms with Crippen molar-refractivity contribution >= 4 is 16.8 Å². The van der Waals surface area contributed by atoms with Crippen LogP contribution in [0.1, 0.15) is 23.9 Å². The standard InChI is InChI=1S/C22H22F3N3O3/c1-29-13-9-10-28(11-13)17-12-30-18-8-3-2-5-14(18)19(17)26-15-6-4-7-16-20(15)31-21(27-16)22(23,24)25/h2-8,13,17,19,26H,9-12H2,1H3/t13-,17-,19-/m0/s1. The van der Waals surface area contributed by atoms with Gasteiger partial charge in [0.25, 0.3) is 0 Å². The summed E-state index contributed by atoms with van der Waals surface area (Å²) < 4.78 is 56.1. The molecule has 9 heteroatoms. The molecule has 0 radical (unpaired) electrons. The van der Waals surface area contributed by atoms with Gasteiger partial charge in [-0.3, -0.25) is 4.90 Å². The number of aromatic nitrogens is 1. The van der Waals surface area contributed by atoms with Crippen LogP contribution in [0.2, 0.25) is 0 Å². The summed E-state index contributed by atoms with van der Waals surface area (Å²) in [6.45, 7) is 2.10. The van der Waals surface area contributed by atoms with Crippen molar-refractivity contribution in [2.45, 2.75) is 30.8 Å². The van der Waals surface area contributed by atoms with Gasteiger partial charge in [0.2, 0.25) is 0 Å². The van der Waals surface area contributed by atoms with Crippen molar-refractivity contribution in [3.05, 3.63) is 53.9 Å². The Kier molecular flexibility index (Phi) is 5.02. The minimum absolute atomic E-state index is 0.0182. The molecular formula is C22H22F3N3O3. The summed E-state index contributed by atoms with van der Waals surface area (Å²) in [4.78, 5) is 5.93. The maximum absolute atomic E-state index is 13.1. The van der Waals surface area contributed by atoms with E-state index in [-0.39, 0.29) is 29.3 Å². The van der Waals surface area contributed by atoms with Crippen molar-refractivity contribution in [3.63, 3.8) is 0 Å². The number of nitrogens with zero attached hydrogens (tertiary/aromatic N) is 2. The fraction of sp³-hybridized carbons (Fsp3) is 0.409. The van der Waals surface area contributed by atoms with Crippen LogP contribution in [0.15, 0.2) is 46.9 Å². The van der Waals surface area contributed by atoms with Gasteiger partial charge in [-0.2, -0.15) is 13.2 Å². The van der Waals surface area contributed by atoms with Gasteiger partial charge >= 0.3 is 12.1 Å². The Bertz CT molecular complexity index is 1080. The summed E-state index contributed by atoms with van der Waals surface area (Å²) in [5, 5.41) is 3.44. The second-order valence-electron chi connectivity index (χ2n) is 7.85. The summed E-state index contributed by atoms with van der Waals surface area (Å²) in [6.07, 6.45) is -3.56. The molecule has 3 heterocycles. The summed E-state index contributed by atoms with van der Waals surface area (Å²) in [7, 11) is 1.71. The molecule has 1 N–H and O–H groups in total. The van der Waals surface area contributed by atoms with E-state index in [1.807, 2.05) is 24.3 Å². The van der Waals surface area contributed by atoms with Crippen LogP contribution in [-0.2, 0) is 10.9 Å². The number of methoxy groups -OCH3 is 1. The number of para-hydroxylation sites is 2. The molecule has 1 fully saturated rings. The SMILES string of the molecule is CO[C@H]1CCN([C@H]2COc3ccccc3[C@@H]2Nc2cccc3nc(C(F)(F)F)oc23)C1. The highest BCUT2D eigenvalue weighted by atomic mass is 19.4. The highest BCUT2D eigenvalue weighted by molar-refractivity contribution is 5.86. The molecule has 2 aromatic carbocycles. The second-order valence-corrected chi connectivity index (χ2v) is 7.85. The topological polar surface area (TPSA) is 59.8 Å². The Labute approximate surface area is 176 Å². The zero-order valence-corrected chi connectivity index (χ0v) is 16.9. The van der Waals surface area contributed by atoms with Gasteiger partial charge in [0.15, 0.2) is 5.58 Å². The van der Waals surface area contributed by atoms with Crippen LogP contribution in [0.3, 0.4) is 0 Å². The Hall–Kier alpha value is -2.78. The van der Waals surface area contributed by atoms with Gasteiger partial charge in [-0.05, 0) is 24.6 Å². The predicted octanol–water partition coefficient (Wildman–Crippen LogP) is 4.48. The molecule has 31 heavy (non-hydrogen) atoms. The largest absolute Gasteiger partial charge is 0.491 e. The normalized spacial score (nSPS) is 24.2. The minimum Gasteiger partial charge on any atom is -0.491 e. The molecule has 2 aliphatic heterocycles. The number of hydrogen-bond donors (Lipinski definition) is 1. The fourth-order valence-electron chi connectivity index (χ4n) is 4.44. The third-order valence-electron chi connectivity index (χ3n) is 6.00. The molecule has 1 saturated heterocycles. The summed E-state index contributed by atoms with van der Waals surface area (Å²) >= 11 is 0. The van der Waals surface area contributed by atoms with Crippen molar-refractivity contribution in [1.29, 1.82) is 0 Å². The number of rotatable bonds is 4. The third-order valence-corrected chi connectivity index (χ3v) is 6.00. The number of halogens is 3. The Morgan fingerprint density at radius 2 is 2.00 bits per heavy atom. The molecule has 0 spiro atoms. The van der Waals surface area contributed by atoms with Gasteiger partial charge in [0.1, 0.15) is 17.9 Å². The number of likely N-dealkylation sites (tertiary alicyclic amines) is 1. The summed E-state index contributed by atoms with van der Waals surface area (Å²) in [5.41, 5.74) is 1.67. The van der Waals surface area contributed by atoms with Crippen molar-refractivity contribution < 1.29 is 27.1 Å². The number of oxazole rings is 1. The number of ether oxygens (including phenoxy) is 2. The Morgan fingerprint density at radius 3 is 2.77 bits per heavy atom. The molecule has 3 atom stereocenters. The molecule has 164 valence electrons. The lowest BCUT2D eigenvalue weighted by atomic mass is 9.94. The van der Waals surface area contributed by atoms with Gasteiger partial charge in [0, 0.05) is 25.8 Å². The van der Waals surface area contributed by atoms with Crippen LogP contribution in [-0.4, -0.2) is 48.8 Å². The number of fused-ring (bicyclic) bond motifs is 2. The van der Waals surface area contributed by atoms with Crippen LogP contribution < -0.4 is 10.1 Å². The van der Waals surface area contributed by atoms with E-state index in [2.05, 4.69) is 15.2 Å². The lowest BCUT2D eigenvalue weighted by Crippen LogP contribution is -2.47. The van der Waals surface area contributed by atoms with Crippen LogP contribution in [0.25, 0.3) is 11.1 Å². The van der Waals surface area contributed by atoms with Gasteiger partial charge in [0.05, 0.1) is 23.9 Å². The number of alkyl halides is 3. The van der Waals surface area contributed by atoms with Crippen LogP contribution in [0.4, 0.5) is 18.9 Å². The fourth-order valence-corrected chi connectivity index (χ4v) is 4.44. The Morgan fingerprint density at radius 1 is 1.16 bits per heavy atom. The molecular weight excluding hydrogens is 411 g/mol. The third kappa shape index (κ3) is 3.72. The molecule has 1 aromatic heterocycles. The van der Waals surface area contributed by atoms with E-state index >= 15 is 0 Å². The quantitative estimate of drug-likeness (QED) is 0.655. The van der Waals surface area contributed by atoms with Crippen molar-refractivity contribution in [3.8, 4) is 5.75 Å². The number of hydrogen-bond acceptors (Lipinski definition) is 6. The maximum atomic E-state index is 13.1. The predicted molar refractivity (Wildman–Crippen MR) is 108 cm³/mol. The van der Waals surface area contributed by atoms with Gasteiger partial charge < -0.3 is 19.2 Å². The van der Waals surface area contributed by atoms with E-state index in [1.54, 1.807) is 19.2 Å². The van der Waals surface area contributed by atoms with E-state index < -0.39 is 12.1 Å². The van der Waals surface area contributed by atoms with E-state index in [1.165, 1.54) is 6.07 Å². The van der Waals surface area contributed by atoms with E-state index in [9.17, 15) is 13.2 Å². The minimum atomic E-state index is -4.64. The van der Waals surface area contributed by atoms with Crippen LogP contribution in [0, 0.1) is 0 Å². The average Bonchev–Trinajstić information content (AvgIpc) is 3.41. The molecule has 3 aromatic rings. The van der Waals surface area contributed by atoms with Gasteiger partial charge in [-0.25, -0.2) is 4.98 Å². The van der Waals surface area contributed by atoms with Gasteiger partial charge in [-0.15, -0.1) is 0 Å². The second kappa shape index (κ2) is 7.72. The van der Waals surface area contributed by atoms with E-state index in [0.717, 1.165) is 30.8 Å². The molecule has 0 amide bonds. The molecule has 5 rings (SSSR count). The van der Waals surface area contributed by atoms with Crippen molar-refractivity contribution in [1.82, 2.24) is 9.88 Å². The molecule has 2 aliphatic rings. The smallest absolute Gasteiger partial charge is 0.468 e. The zero-order chi connectivity index (χ0) is 21.6. The number of benzene rings is 2. The van der Waals surface area contributed by atoms with Crippen LogP contribution in [0.5, 0.6) is 5.75 Å². The highest BCUT2D eigenvalue weighted by Crippen LogP contribution is 2.40. The Balaban J connectivity index is 1.52. The monoisotopic (exact) mass is 433 g/mol. The average molecular weight is 433 g/mol. The lowest BCUT2D eigenvalue weighted by molar-refractivity contribution is -0.156. The van der Waals surface area contributed by atoms with E-state index in [0.29, 0.717) is 12.3 Å². The molecule has 0 bridgehead atoms. The number of nitrogens with one attached hydrogen (secondary N) is 1. The number of anilines is 1. The van der Waals surface area contributed by atoms with Gasteiger partial charge in [-0.1, -0.05) is 24.3 Å². The molecule has 0 saturated carbocycles. The van der Waals surface area contributed by atoms with Crippen LogP contribution >= 0.6 is 0 Å². The van der Waals surface area contributed by atoms with Crippen molar-refractivity contribution in [2.24, 2.45) is 0 Å². The zero-order valence-electron chi connectivity index (χ0n) is 16.9. The molecule has 6 nitrogen and oxygen atoms in total. The highest BCUT2D eigenvalue weighted by Gasteiger charge is 2.40. The first-order valence-electron chi connectivity index (χ1n) is 10.2. The molecule has 0 unspecified atom stereocenters. The van der Waals surface area contributed by atoms with Crippen molar-refractivity contribution in [2.75, 3.05) is 32.1 Å². The first-order chi connectivity index (χ1) is 14.9.